The highest BCUT2D eigenvalue weighted by Gasteiger charge is 2.38. The minimum absolute atomic E-state index is 0.0934. The molecule has 1 aromatic carbocycles. The summed E-state index contributed by atoms with van der Waals surface area (Å²) >= 11 is 5.71. The Morgan fingerprint density at radius 2 is 1.86 bits per heavy atom. The molecule has 0 aliphatic heterocycles. The minimum Gasteiger partial charge on any atom is -0.207 e. The van der Waals surface area contributed by atoms with Crippen molar-refractivity contribution in [2.75, 3.05) is 6.54 Å². The summed E-state index contributed by atoms with van der Waals surface area (Å²) < 4.78 is 63.1. The first-order valence-electron chi connectivity index (χ1n) is 6.23. The molecule has 0 atom stereocenters. The predicted molar refractivity (Wildman–Crippen MR) is 75.8 cm³/mol. The van der Waals surface area contributed by atoms with Gasteiger partial charge in [0.25, 0.3) is 0 Å². The number of benzene rings is 1. The number of alkyl halides is 4. The van der Waals surface area contributed by atoms with Crippen LogP contribution in [0, 0.1) is 6.92 Å². The van der Waals surface area contributed by atoms with Gasteiger partial charge in [-0.1, -0.05) is 6.07 Å². The molecule has 8 heteroatoms. The maximum atomic E-state index is 12.6. The average molecular weight is 344 g/mol. The molecular formula is C13H17ClF3NO2S. The van der Waals surface area contributed by atoms with Crippen molar-refractivity contribution in [2.45, 2.75) is 43.8 Å². The van der Waals surface area contributed by atoms with Gasteiger partial charge in [-0.15, -0.1) is 11.6 Å². The molecule has 0 saturated carbocycles. The molecule has 3 nitrogen and oxygen atoms in total. The van der Waals surface area contributed by atoms with Gasteiger partial charge in [0.15, 0.2) is 0 Å². The molecule has 1 rings (SSSR count). The van der Waals surface area contributed by atoms with Crippen molar-refractivity contribution in [3.63, 3.8) is 0 Å². The third kappa shape index (κ3) is 4.59. The second kappa shape index (κ2) is 6.54. The fraction of sp³-hybridized carbons (Fsp3) is 0.538. The van der Waals surface area contributed by atoms with Crippen molar-refractivity contribution in [3.05, 3.63) is 29.3 Å². The van der Waals surface area contributed by atoms with Crippen LogP contribution in [-0.2, 0) is 15.9 Å². The van der Waals surface area contributed by atoms with Gasteiger partial charge >= 0.3 is 6.18 Å². The van der Waals surface area contributed by atoms with E-state index in [1.807, 2.05) is 0 Å². The van der Waals surface area contributed by atoms with E-state index in [1.54, 1.807) is 6.92 Å². The first-order chi connectivity index (χ1) is 9.49. The highest BCUT2D eigenvalue weighted by Crippen LogP contribution is 2.26. The highest BCUT2D eigenvalue weighted by atomic mass is 35.5. The highest BCUT2D eigenvalue weighted by molar-refractivity contribution is 7.89. The SMILES string of the molecule is Cc1ccc(S(=O)(=O)N(CC(F)(F)F)C(C)C)cc1CCl. The Hall–Kier alpha value is -0.790. The molecule has 120 valence electrons. The van der Waals surface area contributed by atoms with Crippen molar-refractivity contribution in [1.82, 2.24) is 4.31 Å². The fourth-order valence-corrected chi connectivity index (χ4v) is 3.77. The predicted octanol–water partition coefficient (Wildman–Crippen LogP) is 3.70. The monoisotopic (exact) mass is 343 g/mol. The summed E-state index contributed by atoms with van der Waals surface area (Å²) in [5.74, 6) is 0.0934. The lowest BCUT2D eigenvalue weighted by Crippen LogP contribution is -2.43. The Morgan fingerprint density at radius 3 is 2.29 bits per heavy atom. The van der Waals surface area contributed by atoms with Gasteiger partial charge in [0.05, 0.1) is 4.90 Å². The molecule has 0 saturated heterocycles. The van der Waals surface area contributed by atoms with Crippen LogP contribution in [0.3, 0.4) is 0 Å². The van der Waals surface area contributed by atoms with Gasteiger partial charge in [0.2, 0.25) is 10.0 Å². The molecule has 0 aliphatic rings. The van der Waals surface area contributed by atoms with Crippen molar-refractivity contribution in [2.24, 2.45) is 0 Å². The Labute approximate surface area is 127 Å². The number of halogens is 4. The lowest BCUT2D eigenvalue weighted by Gasteiger charge is -2.27. The standard InChI is InChI=1S/C13H17ClF3NO2S/c1-9(2)18(8-13(15,16)17)21(19,20)12-5-4-10(3)11(6-12)7-14/h4-6,9H,7-8H2,1-3H3. The van der Waals surface area contributed by atoms with E-state index in [2.05, 4.69) is 0 Å². The molecule has 0 N–H and O–H groups in total. The van der Waals surface area contributed by atoms with E-state index in [-0.39, 0.29) is 10.8 Å². The van der Waals surface area contributed by atoms with Crippen LogP contribution in [0.4, 0.5) is 13.2 Å². The van der Waals surface area contributed by atoms with Gasteiger partial charge < -0.3 is 0 Å². The van der Waals surface area contributed by atoms with Crippen molar-refractivity contribution >= 4 is 21.6 Å². The fourth-order valence-electron chi connectivity index (χ4n) is 1.81. The Morgan fingerprint density at radius 1 is 1.29 bits per heavy atom. The van der Waals surface area contributed by atoms with Crippen LogP contribution in [0.5, 0.6) is 0 Å². The maximum absolute atomic E-state index is 12.6. The summed E-state index contributed by atoms with van der Waals surface area (Å²) in [5, 5.41) is 0. The molecule has 0 aliphatic carbocycles. The number of rotatable bonds is 5. The van der Waals surface area contributed by atoms with Crippen LogP contribution in [0.15, 0.2) is 23.1 Å². The van der Waals surface area contributed by atoms with Crippen molar-refractivity contribution in [1.29, 1.82) is 0 Å². The summed E-state index contributed by atoms with van der Waals surface area (Å²) in [6, 6.07) is 3.35. The average Bonchev–Trinajstić information content (AvgIpc) is 2.34. The van der Waals surface area contributed by atoms with Gasteiger partial charge in [-0.3, -0.25) is 0 Å². The van der Waals surface area contributed by atoms with Gasteiger partial charge in [-0.05, 0) is 44.0 Å². The minimum atomic E-state index is -4.60. The third-order valence-electron chi connectivity index (χ3n) is 2.98. The van der Waals surface area contributed by atoms with E-state index < -0.39 is 28.8 Å². The van der Waals surface area contributed by atoms with Crippen LogP contribution >= 0.6 is 11.6 Å². The first-order valence-corrected chi connectivity index (χ1v) is 8.20. The molecule has 1 aromatic rings. The summed E-state index contributed by atoms with van der Waals surface area (Å²) in [5.41, 5.74) is 1.37. The number of hydrogen-bond acceptors (Lipinski definition) is 2. The Kier molecular flexibility index (Phi) is 5.69. The Bertz CT molecular complexity index is 600. The summed E-state index contributed by atoms with van der Waals surface area (Å²) in [4.78, 5) is -0.179. The van der Waals surface area contributed by atoms with E-state index in [0.29, 0.717) is 9.87 Å². The summed E-state index contributed by atoms with van der Waals surface area (Å²) in [6.07, 6.45) is -4.60. The second-order valence-corrected chi connectivity index (χ2v) is 7.14. The number of sulfonamides is 1. The summed E-state index contributed by atoms with van der Waals surface area (Å²) in [7, 11) is -4.23. The van der Waals surface area contributed by atoms with Gasteiger partial charge in [-0.25, -0.2) is 8.42 Å². The van der Waals surface area contributed by atoms with Gasteiger partial charge in [0.1, 0.15) is 6.54 Å². The van der Waals surface area contributed by atoms with E-state index in [1.165, 1.54) is 32.0 Å². The van der Waals surface area contributed by atoms with E-state index in [0.717, 1.165) is 5.56 Å². The summed E-state index contributed by atoms with van der Waals surface area (Å²) in [6.45, 7) is 3.04. The topological polar surface area (TPSA) is 37.4 Å². The van der Waals surface area contributed by atoms with E-state index in [9.17, 15) is 21.6 Å². The van der Waals surface area contributed by atoms with Crippen molar-refractivity contribution < 1.29 is 21.6 Å². The molecule has 0 heterocycles. The molecule has 0 aromatic heterocycles. The molecule has 0 bridgehead atoms. The Balaban J connectivity index is 3.29. The largest absolute Gasteiger partial charge is 0.402 e. The van der Waals surface area contributed by atoms with Gasteiger partial charge in [-0.2, -0.15) is 17.5 Å². The zero-order chi connectivity index (χ0) is 16.4. The molecule has 21 heavy (non-hydrogen) atoms. The molecule has 0 amide bonds. The number of aryl methyl sites for hydroxylation is 1. The van der Waals surface area contributed by atoms with Crippen LogP contribution in [-0.4, -0.2) is 31.5 Å². The quantitative estimate of drug-likeness (QED) is 0.764. The molecular weight excluding hydrogens is 327 g/mol. The normalized spacial score (nSPS) is 13.2. The van der Waals surface area contributed by atoms with Crippen LogP contribution < -0.4 is 0 Å². The molecule has 0 spiro atoms. The van der Waals surface area contributed by atoms with E-state index >= 15 is 0 Å². The van der Waals surface area contributed by atoms with Crippen LogP contribution in [0.1, 0.15) is 25.0 Å². The zero-order valence-electron chi connectivity index (χ0n) is 11.9. The number of hydrogen-bond donors (Lipinski definition) is 0. The van der Waals surface area contributed by atoms with Crippen LogP contribution in [0.2, 0.25) is 0 Å². The maximum Gasteiger partial charge on any atom is 0.402 e. The zero-order valence-corrected chi connectivity index (χ0v) is 13.5. The number of nitrogens with zero attached hydrogens (tertiary/aromatic N) is 1. The van der Waals surface area contributed by atoms with Gasteiger partial charge in [0, 0.05) is 11.9 Å². The molecule has 0 fully saturated rings. The molecule has 0 unspecified atom stereocenters. The lowest BCUT2D eigenvalue weighted by atomic mass is 10.1. The van der Waals surface area contributed by atoms with Crippen molar-refractivity contribution in [3.8, 4) is 0 Å². The second-order valence-electron chi connectivity index (χ2n) is 4.98. The first kappa shape index (κ1) is 18.3. The lowest BCUT2D eigenvalue weighted by molar-refractivity contribution is -0.138. The third-order valence-corrected chi connectivity index (χ3v) is 5.29. The van der Waals surface area contributed by atoms with E-state index in [4.69, 9.17) is 11.6 Å². The molecule has 0 radical (unpaired) electrons. The smallest absolute Gasteiger partial charge is 0.207 e. The van der Waals surface area contributed by atoms with Crippen LogP contribution in [0.25, 0.3) is 0 Å².